The zero-order valence-electron chi connectivity index (χ0n) is 7.66. The second-order valence-electron chi connectivity index (χ2n) is 2.93. The molecule has 4 heteroatoms. The molecular weight excluding hydrogens is 180 g/mol. The highest BCUT2D eigenvalue weighted by Gasteiger charge is 2.09. The van der Waals surface area contributed by atoms with Gasteiger partial charge in [-0.25, -0.2) is 4.79 Å². The van der Waals surface area contributed by atoms with Gasteiger partial charge in [0.1, 0.15) is 0 Å². The Morgan fingerprint density at radius 1 is 1.43 bits per heavy atom. The van der Waals surface area contributed by atoms with Crippen LogP contribution in [0.25, 0.3) is 0 Å². The molecule has 1 rings (SSSR count). The molecule has 14 heavy (non-hydrogen) atoms. The van der Waals surface area contributed by atoms with Crippen LogP contribution in [-0.4, -0.2) is 11.1 Å². The number of carbonyl (C=O) groups is 1. The molecule has 0 fully saturated rings. The highest BCUT2D eigenvalue weighted by Crippen LogP contribution is 2.22. The summed E-state index contributed by atoms with van der Waals surface area (Å²) in [6, 6.07) is 2.80. The van der Waals surface area contributed by atoms with Crippen molar-refractivity contribution >= 4 is 17.3 Å². The lowest BCUT2D eigenvalue weighted by molar-refractivity contribution is 0.0697. The molecule has 0 amide bonds. The number of rotatable bonds is 3. The molecule has 1 aromatic carbocycles. The van der Waals surface area contributed by atoms with E-state index in [4.69, 9.17) is 16.6 Å². The molecule has 74 valence electrons. The fourth-order valence-corrected chi connectivity index (χ4v) is 1.22. The molecule has 5 N–H and O–H groups in total. The van der Waals surface area contributed by atoms with Crippen LogP contribution >= 0.6 is 0 Å². The second kappa shape index (κ2) is 3.83. The van der Waals surface area contributed by atoms with Gasteiger partial charge in [-0.15, -0.1) is 6.58 Å². The minimum absolute atomic E-state index is 0.104. The van der Waals surface area contributed by atoms with Gasteiger partial charge in [-0.2, -0.15) is 0 Å². The van der Waals surface area contributed by atoms with Crippen molar-refractivity contribution in [3.8, 4) is 0 Å². The van der Waals surface area contributed by atoms with Crippen LogP contribution in [0.5, 0.6) is 0 Å². The van der Waals surface area contributed by atoms with Crippen molar-refractivity contribution in [1.29, 1.82) is 0 Å². The molecule has 0 radical (unpaired) electrons. The minimum atomic E-state index is -1.03. The van der Waals surface area contributed by atoms with E-state index in [1.807, 2.05) is 0 Å². The first-order valence-electron chi connectivity index (χ1n) is 4.08. The van der Waals surface area contributed by atoms with Crippen LogP contribution < -0.4 is 11.5 Å². The lowest BCUT2D eigenvalue weighted by Gasteiger charge is -2.08. The molecule has 0 aliphatic rings. The fraction of sp³-hybridized carbons (Fsp3) is 0.100. The number of hydrogen-bond donors (Lipinski definition) is 3. The maximum atomic E-state index is 10.6. The summed E-state index contributed by atoms with van der Waals surface area (Å²) in [7, 11) is 0. The Balaban J connectivity index is 3.24. The van der Waals surface area contributed by atoms with E-state index in [1.54, 1.807) is 6.08 Å². The van der Waals surface area contributed by atoms with Crippen LogP contribution in [0.1, 0.15) is 15.9 Å². The lowest BCUT2D eigenvalue weighted by Crippen LogP contribution is -2.04. The SMILES string of the molecule is C=CCc1c(N)cc(C(=O)O)cc1N. The van der Waals surface area contributed by atoms with Gasteiger partial charge in [0.25, 0.3) is 0 Å². The predicted molar refractivity (Wildman–Crippen MR) is 56.1 cm³/mol. The fourth-order valence-electron chi connectivity index (χ4n) is 1.22. The van der Waals surface area contributed by atoms with E-state index in [1.165, 1.54) is 12.1 Å². The average Bonchev–Trinajstić information content (AvgIpc) is 2.10. The van der Waals surface area contributed by atoms with E-state index in [-0.39, 0.29) is 5.56 Å². The number of carboxylic acid groups (broad SMARTS) is 1. The highest BCUT2D eigenvalue weighted by atomic mass is 16.4. The molecule has 0 atom stereocenters. The van der Waals surface area contributed by atoms with Crippen molar-refractivity contribution in [3.05, 3.63) is 35.9 Å². The summed E-state index contributed by atoms with van der Waals surface area (Å²) in [6.07, 6.45) is 2.21. The van der Waals surface area contributed by atoms with Gasteiger partial charge >= 0.3 is 5.97 Å². The Bertz CT molecular complexity index is 363. The zero-order chi connectivity index (χ0) is 10.7. The molecule has 0 unspecified atom stereocenters. The zero-order valence-corrected chi connectivity index (χ0v) is 7.66. The normalized spacial score (nSPS) is 9.71. The number of anilines is 2. The van der Waals surface area contributed by atoms with Crippen LogP contribution in [0.4, 0.5) is 11.4 Å². The number of hydrogen-bond acceptors (Lipinski definition) is 3. The number of nitrogens with two attached hydrogens (primary N) is 2. The first kappa shape index (κ1) is 10.1. The summed E-state index contributed by atoms with van der Waals surface area (Å²) in [5, 5.41) is 8.72. The van der Waals surface area contributed by atoms with Crippen molar-refractivity contribution in [3.63, 3.8) is 0 Å². The summed E-state index contributed by atoms with van der Waals surface area (Å²) in [6.45, 7) is 3.57. The van der Waals surface area contributed by atoms with Crippen molar-refractivity contribution in [2.45, 2.75) is 6.42 Å². The summed E-state index contributed by atoms with van der Waals surface area (Å²) in [5.41, 5.74) is 12.9. The minimum Gasteiger partial charge on any atom is -0.478 e. The molecule has 0 saturated heterocycles. The van der Waals surface area contributed by atoms with Gasteiger partial charge in [-0.05, 0) is 18.6 Å². The monoisotopic (exact) mass is 192 g/mol. The molecule has 0 heterocycles. The number of allylic oxidation sites excluding steroid dienone is 1. The van der Waals surface area contributed by atoms with Gasteiger partial charge in [0.2, 0.25) is 0 Å². The Hall–Kier alpha value is -1.97. The van der Waals surface area contributed by atoms with Gasteiger partial charge < -0.3 is 16.6 Å². The van der Waals surface area contributed by atoms with Crippen molar-refractivity contribution in [2.24, 2.45) is 0 Å². The maximum absolute atomic E-state index is 10.6. The van der Waals surface area contributed by atoms with Gasteiger partial charge in [0, 0.05) is 16.9 Å². The Labute approximate surface area is 81.8 Å². The Morgan fingerprint density at radius 2 is 1.93 bits per heavy atom. The van der Waals surface area contributed by atoms with E-state index in [9.17, 15) is 4.79 Å². The third-order valence-corrected chi connectivity index (χ3v) is 1.91. The lowest BCUT2D eigenvalue weighted by atomic mass is 10.0. The summed E-state index contributed by atoms with van der Waals surface area (Å²) >= 11 is 0. The van der Waals surface area contributed by atoms with E-state index < -0.39 is 5.97 Å². The molecule has 0 spiro atoms. The average molecular weight is 192 g/mol. The highest BCUT2D eigenvalue weighted by molar-refractivity contribution is 5.91. The van der Waals surface area contributed by atoms with Crippen LogP contribution in [0.3, 0.4) is 0 Å². The van der Waals surface area contributed by atoms with Crippen molar-refractivity contribution < 1.29 is 9.90 Å². The van der Waals surface area contributed by atoms with Crippen LogP contribution in [-0.2, 0) is 6.42 Å². The van der Waals surface area contributed by atoms with Gasteiger partial charge in [-0.3, -0.25) is 0 Å². The van der Waals surface area contributed by atoms with Gasteiger partial charge in [-0.1, -0.05) is 6.08 Å². The first-order valence-corrected chi connectivity index (χ1v) is 4.08. The maximum Gasteiger partial charge on any atom is 0.335 e. The Morgan fingerprint density at radius 3 is 2.29 bits per heavy atom. The van der Waals surface area contributed by atoms with Crippen LogP contribution in [0.15, 0.2) is 24.8 Å². The van der Waals surface area contributed by atoms with E-state index in [2.05, 4.69) is 6.58 Å². The van der Waals surface area contributed by atoms with E-state index >= 15 is 0 Å². The Kier molecular flexibility index (Phi) is 2.76. The summed E-state index contributed by atoms with van der Waals surface area (Å²) in [4.78, 5) is 10.6. The number of nitrogen functional groups attached to an aromatic ring is 2. The molecule has 0 saturated carbocycles. The quantitative estimate of drug-likeness (QED) is 0.497. The summed E-state index contributed by atoms with van der Waals surface area (Å²) in [5.74, 6) is -1.03. The number of benzene rings is 1. The molecule has 0 aromatic heterocycles. The molecule has 0 aliphatic heterocycles. The van der Waals surface area contributed by atoms with Crippen molar-refractivity contribution in [2.75, 3.05) is 11.5 Å². The third-order valence-electron chi connectivity index (χ3n) is 1.91. The third kappa shape index (κ3) is 1.85. The number of carboxylic acids is 1. The largest absolute Gasteiger partial charge is 0.478 e. The second-order valence-corrected chi connectivity index (χ2v) is 2.93. The standard InChI is InChI=1S/C10H12N2O2/c1-2-3-7-8(11)4-6(10(13)14)5-9(7)12/h2,4-5H,1,3,11-12H2,(H,13,14). The van der Waals surface area contributed by atoms with Crippen LogP contribution in [0.2, 0.25) is 0 Å². The van der Waals surface area contributed by atoms with E-state index in [0.29, 0.717) is 17.8 Å². The molecule has 4 nitrogen and oxygen atoms in total. The van der Waals surface area contributed by atoms with Crippen LogP contribution in [0, 0.1) is 0 Å². The molecule has 0 bridgehead atoms. The van der Waals surface area contributed by atoms with E-state index in [0.717, 1.165) is 5.56 Å². The summed E-state index contributed by atoms with van der Waals surface area (Å²) < 4.78 is 0. The van der Waals surface area contributed by atoms with Crippen molar-refractivity contribution in [1.82, 2.24) is 0 Å². The van der Waals surface area contributed by atoms with Gasteiger partial charge in [0.05, 0.1) is 5.56 Å². The molecular formula is C10H12N2O2. The first-order chi connectivity index (χ1) is 6.56. The smallest absolute Gasteiger partial charge is 0.335 e. The predicted octanol–water partition coefficient (Wildman–Crippen LogP) is 1.28. The molecule has 0 aliphatic carbocycles. The molecule has 1 aromatic rings. The number of aromatic carboxylic acids is 1. The van der Waals surface area contributed by atoms with Gasteiger partial charge in [0.15, 0.2) is 0 Å². The topological polar surface area (TPSA) is 89.3 Å².